The molecule has 5 nitrogen and oxygen atoms in total. The Morgan fingerprint density at radius 3 is 3.10 bits per heavy atom. The molecule has 1 saturated carbocycles. The molecule has 3 rings (SSSR count). The average Bonchev–Trinajstić information content (AvgIpc) is 2.94. The minimum atomic E-state index is 0.661. The van der Waals surface area contributed by atoms with Crippen LogP contribution in [-0.4, -0.2) is 31.7 Å². The summed E-state index contributed by atoms with van der Waals surface area (Å²) < 4.78 is 0. The lowest BCUT2D eigenvalue weighted by Gasteiger charge is -2.25. The van der Waals surface area contributed by atoms with Crippen molar-refractivity contribution < 1.29 is 0 Å². The van der Waals surface area contributed by atoms with E-state index < -0.39 is 0 Å². The van der Waals surface area contributed by atoms with Gasteiger partial charge in [0, 0.05) is 11.8 Å². The zero-order chi connectivity index (χ0) is 14.7. The second-order valence-corrected chi connectivity index (χ2v) is 7.18. The van der Waals surface area contributed by atoms with Crippen molar-refractivity contribution in [2.24, 2.45) is 5.92 Å². The van der Waals surface area contributed by atoms with Crippen LogP contribution >= 0.6 is 11.8 Å². The Morgan fingerprint density at radius 2 is 2.29 bits per heavy atom. The van der Waals surface area contributed by atoms with Gasteiger partial charge in [0.15, 0.2) is 5.65 Å². The topological polar surface area (TPSA) is 66.5 Å². The third-order valence-corrected chi connectivity index (χ3v) is 5.23. The SMILES string of the molecule is CCCNc1nc(SC2CCCC(C)C2)c2[nH]cnc2n1. The highest BCUT2D eigenvalue weighted by molar-refractivity contribution is 8.00. The fourth-order valence-corrected chi connectivity index (χ4v) is 4.28. The Balaban J connectivity index is 1.83. The first-order valence-electron chi connectivity index (χ1n) is 7.88. The largest absolute Gasteiger partial charge is 0.354 e. The quantitative estimate of drug-likeness (QED) is 0.821. The molecular formula is C15H23N5S. The number of nitrogens with one attached hydrogen (secondary N) is 2. The van der Waals surface area contributed by atoms with Crippen molar-refractivity contribution in [1.82, 2.24) is 19.9 Å². The summed E-state index contributed by atoms with van der Waals surface area (Å²) in [5.74, 6) is 1.52. The van der Waals surface area contributed by atoms with E-state index in [1.165, 1.54) is 25.7 Å². The Kier molecular flexibility index (Phi) is 4.63. The molecular weight excluding hydrogens is 282 g/mol. The van der Waals surface area contributed by atoms with Gasteiger partial charge in [0.2, 0.25) is 5.95 Å². The number of fused-ring (bicyclic) bond motifs is 1. The number of nitrogens with zero attached hydrogens (tertiary/aromatic N) is 3. The summed E-state index contributed by atoms with van der Waals surface area (Å²) in [6.07, 6.45) is 8.02. The van der Waals surface area contributed by atoms with E-state index in [0.29, 0.717) is 11.2 Å². The minimum absolute atomic E-state index is 0.661. The van der Waals surface area contributed by atoms with Crippen LogP contribution in [0.1, 0.15) is 46.0 Å². The number of aromatic amines is 1. The van der Waals surface area contributed by atoms with Crippen LogP contribution in [0.25, 0.3) is 11.2 Å². The summed E-state index contributed by atoms with van der Waals surface area (Å²) in [5, 5.41) is 4.97. The zero-order valence-electron chi connectivity index (χ0n) is 12.7. The number of rotatable bonds is 5. The van der Waals surface area contributed by atoms with Crippen molar-refractivity contribution in [3.63, 3.8) is 0 Å². The number of thioether (sulfide) groups is 1. The lowest BCUT2D eigenvalue weighted by atomic mass is 9.91. The average molecular weight is 305 g/mol. The molecule has 0 saturated heterocycles. The molecule has 0 spiro atoms. The maximum absolute atomic E-state index is 4.70. The van der Waals surface area contributed by atoms with Gasteiger partial charge in [-0.1, -0.05) is 26.7 Å². The predicted molar refractivity (Wildman–Crippen MR) is 87.7 cm³/mol. The number of hydrogen-bond donors (Lipinski definition) is 2. The van der Waals surface area contributed by atoms with Crippen LogP contribution in [0.4, 0.5) is 5.95 Å². The van der Waals surface area contributed by atoms with E-state index >= 15 is 0 Å². The molecule has 2 heterocycles. The maximum atomic E-state index is 4.70. The second kappa shape index (κ2) is 6.64. The molecule has 0 amide bonds. The minimum Gasteiger partial charge on any atom is -0.354 e. The maximum Gasteiger partial charge on any atom is 0.225 e. The first-order chi connectivity index (χ1) is 10.3. The van der Waals surface area contributed by atoms with Crippen LogP contribution in [0, 0.1) is 5.92 Å². The monoisotopic (exact) mass is 305 g/mol. The summed E-state index contributed by atoms with van der Waals surface area (Å²) in [6, 6.07) is 0. The van der Waals surface area contributed by atoms with Gasteiger partial charge in [-0.2, -0.15) is 4.98 Å². The van der Waals surface area contributed by atoms with Crippen molar-refractivity contribution >= 4 is 28.9 Å². The Morgan fingerprint density at radius 1 is 1.38 bits per heavy atom. The van der Waals surface area contributed by atoms with Crippen LogP contribution in [0.3, 0.4) is 0 Å². The Labute approximate surface area is 129 Å². The van der Waals surface area contributed by atoms with Gasteiger partial charge in [-0.15, -0.1) is 11.8 Å². The number of H-pyrrole nitrogens is 1. The van der Waals surface area contributed by atoms with Crippen molar-refractivity contribution in [2.75, 3.05) is 11.9 Å². The van der Waals surface area contributed by atoms with Gasteiger partial charge in [0.05, 0.1) is 6.33 Å². The molecule has 21 heavy (non-hydrogen) atoms. The van der Waals surface area contributed by atoms with E-state index in [4.69, 9.17) is 4.98 Å². The lowest BCUT2D eigenvalue weighted by molar-refractivity contribution is 0.394. The molecule has 2 atom stereocenters. The Bertz CT molecular complexity index is 597. The summed E-state index contributed by atoms with van der Waals surface area (Å²) >= 11 is 1.89. The first-order valence-corrected chi connectivity index (χ1v) is 8.76. The Hall–Kier alpha value is -1.30. The number of imidazole rings is 1. The van der Waals surface area contributed by atoms with E-state index in [0.717, 1.165) is 35.1 Å². The fourth-order valence-electron chi connectivity index (χ4n) is 2.85. The molecule has 2 N–H and O–H groups in total. The van der Waals surface area contributed by atoms with Crippen LogP contribution in [-0.2, 0) is 0 Å². The second-order valence-electron chi connectivity index (χ2n) is 5.89. The number of aromatic nitrogens is 4. The van der Waals surface area contributed by atoms with Crippen LogP contribution < -0.4 is 5.32 Å². The van der Waals surface area contributed by atoms with Gasteiger partial charge >= 0.3 is 0 Å². The van der Waals surface area contributed by atoms with Crippen LogP contribution in [0.5, 0.6) is 0 Å². The molecule has 1 fully saturated rings. The van der Waals surface area contributed by atoms with Crippen molar-refractivity contribution in [3.05, 3.63) is 6.33 Å². The fraction of sp³-hybridized carbons (Fsp3) is 0.667. The van der Waals surface area contributed by atoms with E-state index in [9.17, 15) is 0 Å². The molecule has 114 valence electrons. The van der Waals surface area contributed by atoms with Crippen LogP contribution in [0.2, 0.25) is 0 Å². The lowest BCUT2D eigenvalue weighted by Crippen LogP contribution is -2.15. The molecule has 0 aromatic carbocycles. The zero-order valence-corrected chi connectivity index (χ0v) is 13.5. The standard InChI is InChI=1S/C15H23N5S/c1-3-7-16-15-19-13-12(17-9-18-13)14(20-15)21-11-6-4-5-10(2)8-11/h9-11H,3-8H2,1-2H3,(H2,16,17,18,19,20). The van der Waals surface area contributed by atoms with E-state index in [-0.39, 0.29) is 0 Å². The normalized spacial score (nSPS) is 22.6. The molecule has 2 unspecified atom stereocenters. The third-order valence-electron chi connectivity index (χ3n) is 3.95. The van der Waals surface area contributed by atoms with Crippen LogP contribution in [0.15, 0.2) is 11.4 Å². The summed E-state index contributed by atoms with van der Waals surface area (Å²) in [4.78, 5) is 16.6. The van der Waals surface area contributed by atoms with Gasteiger partial charge < -0.3 is 10.3 Å². The summed E-state index contributed by atoms with van der Waals surface area (Å²) in [6.45, 7) is 5.38. The highest BCUT2D eigenvalue weighted by atomic mass is 32.2. The molecule has 1 aliphatic carbocycles. The van der Waals surface area contributed by atoms with Gasteiger partial charge in [-0.05, 0) is 25.2 Å². The first kappa shape index (κ1) is 14.6. The highest BCUT2D eigenvalue weighted by Gasteiger charge is 2.22. The number of hydrogen-bond acceptors (Lipinski definition) is 5. The molecule has 0 aliphatic heterocycles. The molecule has 2 aromatic rings. The van der Waals surface area contributed by atoms with E-state index in [1.807, 2.05) is 11.8 Å². The van der Waals surface area contributed by atoms with Gasteiger partial charge in [0.1, 0.15) is 10.5 Å². The molecule has 1 aliphatic rings. The molecule has 2 aromatic heterocycles. The smallest absolute Gasteiger partial charge is 0.225 e. The predicted octanol–water partition coefficient (Wildman–Crippen LogP) is 3.85. The summed E-state index contributed by atoms with van der Waals surface area (Å²) in [7, 11) is 0. The molecule has 6 heteroatoms. The third kappa shape index (κ3) is 3.48. The van der Waals surface area contributed by atoms with E-state index in [2.05, 4.69) is 34.1 Å². The van der Waals surface area contributed by atoms with Gasteiger partial charge in [-0.3, -0.25) is 0 Å². The summed E-state index contributed by atoms with van der Waals surface area (Å²) in [5.41, 5.74) is 1.73. The van der Waals surface area contributed by atoms with Crippen molar-refractivity contribution in [3.8, 4) is 0 Å². The van der Waals surface area contributed by atoms with Gasteiger partial charge in [-0.25, -0.2) is 9.97 Å². The van der Waals surface area contributed by atoms with Crippen molar-refractivity contribution in [1.29, 1.82) is 0 Å². The molecule has 0 radical (unpaired) electrons. The molecule has 0 bridgehead atoms. The van der Waals surface area contributed by atoms with E-state index in [1.54, 1.807) is 6.33 Å². The van der Waals surface area contributed by atoms with Gasteiger partial charge in [0.25, 0.3) is 0 Å². The number of anilines is 1. The highest BCUT2D eigenvalue weighted by Crippen LogP contribution is 2.37. The van der Waals surface area contributed by atoms with Crippen molar-refractivity contribution in [2.45, 2.75) is 56.2 Å².